The molecular weight excluding hydrogens is 861 g/mol. The topological polar surface area (TPSA) is 38.9 Å². The van der Waals surface area contributed by atoms with E-state index in [-0.39, 0.29) is 53.8 Å². The summed E-state index contributed by atoms with van der Waals surface area (Å²) in [6.45, 7) is 7.25. The van der Waals surface area contributed by atoms with Gasteiger partial charge in [0.05, 0.1) is 6.95 Å². The number of hydrogen-bond acceptors (Lipinski definition) is 3. The van der Waals surface area contributed by atoms with E-state index in [0.29, 0.717) is 22.4 Å². The normalized spacial score (nSPS) is 14.1. The Kier molecular flexibility index (Phi) is 8.38. The molecule has 9 aromatic rings. The van der Waals surface area contributed by atoms with Crippen LogP contribution in [0.2, 0.25) is 0 Å². The molecule has 0 atom stereocenters. The third-order valence-electron chi connectivity index (χ3n) is 10.2. The van der Waals surface area contributed by atoms with Gasteiger partial charge in [-0.2, -0.15) is 0 Å². The number of aromatic nitrogens is 2. The van der Waals surface area contributed by atoms with E-state index in [9.17, 15) is 0 Å². The van der Waals surface area contributed by atoms with Gasteiger partial charge in [-0.15, -0.1) is 53.6 Å². The van der Waals surface area contributed by atoms with E-state index in [1.807, 2.05) is 75.5 Å². The van der Waals surface area contributed by atoms with Gasteiger partial charge in [0.15, 0.2) is 0 Å². The van der Waals surface area contributed by atoms with Crippen molar-refractivity contribution < 1.29 is 34.1 Å². The van der Waals surface area contributed by atoms with Crippen LogP contribution in [0.25, 0.3) is 77.1 Å². The van der Waals surface area contributed by atoms with Crippen LogP contribution in [0.5, 0.6) is 0 Å². The second kappa shape index (κ2) is 15.3. The van der Waals surface area contributed by atoms with E-state index < -0.39 is 19.1 Å². The Balaban J connectivity index is 0.000000295. The number of fused-ring (bicyclic) bond motifs is 7. The zero-order valence-electron chi connectivity index (χ0n) is 39.3. The van der Waals surface area contributed by atoms with E-state index in [2.05, 4.69) is 85.3 Å². The van der Waals surface area contributed by atoms with Crippen molar-refractivity contribution in [2.75, 3.05) is 0 Å². The fourth-order valence-corrected chi connectivity index (χ4v) is 7.03. The Morgan fingerprint density at radius 3 is 2.09 bits per heavy atom. The molecule has 0 bridgehead atoms. The quantitative estimate of drug-likeness (QED) is 0.131. The number of benzene rings is 6. The largest absolute Gasteiger partial charge is 0.500 e. The number of furan rings is 1. The van der Waals surface area contributed by atoms with Gasteiger partial charge in [0.25, 0.3) is 0 Å². The van der Waals surface area contributed by atoms with Gasteiger partial charge in [-0.1, -0.05) is 137 Å². The van der Waals surface area contributed by atoms with E-state index >= 15 is 0 Å². The molecule has 0 aliphatic carbocycles. The zero-order chi connectivity index (χ0) is 44.4. The third kappa shape index (κ3) is 7.44. The predicted molar refractivity (Wildman–Crippen MR) is 232 cm³/mol. The summed E-state index contributed by atoms with van der Waals surface area (Å²) in [6.07, 6.45) is 3.07. The van der Waals surface area contributed by atoms with Crippen LogP contribution in [0.4, 0.5) is 0 Å². The number of pyridine rings is 2. The van der Waals surface area contributed by atoms with Crippen molar-refractivity contribution in [3.63, 3.8) is 0 Å². The van der Waals surface area contributed by atoms with Crippen molar-refractivity contribution in [3.8, 4) is 33.6 Å². The molecule has 4 heteroatoms. The monoisotopic (exact) mass is 914 g/mol. The van der Waals surface area contributed by atoms with Gasteiger partial charge < -0.3 is 14.4 Å². The van der Waals surface area contributed by atoms with Crippen molar-refractivity contribution in [3.05, 3.63) is 168 Å². The smallest absolute Gasteiger partial charge is 0.129 e. The van der Waals surface area contributed by atoms with Crippen LogP contribution in [0.3, 0.4) is 0 Å². The molecule has 0 saturated carbocycles. The molecule has 3 nitrogen and oxygen atoms in total. The van der Waals surface area contributed by atoms with Gasteiger partial charge in [0.1, 0.15) is 5.58 Å². The summed E-state index contributed by atoms with van der Waals surface area (Å²) < 4.78 is 65.6. The Labute approximate surface area is 354 Å². The summed E-state index contributed by atoms with van der Waals surface area (Å²) in [7, 11) is 0. The SMILES string of the molecule is CC(C)(C)c1cc[c-]c(-c2ccccn2)c1.[2H]c1cc(C(C)(C)C)cc(C([2H])([2H])[2H])c1-c1cc(-c2[c-]ccc3c2oc2c3ccc3ccc4ccccc4c32)ncc1C([2H])([2H])[2H].[Ir]. The minimum Gasteiger partial charge on any atom is -0.500 e. The average molecular weight is 914 g/mol. The molecular formula is C52H46IrN2O-2. The Hall–Kier alpha value is -5.41. The zero-order valence-corrected chi connectivity index (χ0v) is 34.7. The first-order valence-electron chi connectivity index (χ1n) is 22.0. The third-order valence-corrected chi connectivity index (χ3v) is 10.2. The first-order valence-corrected chi connectivity index (χ1v) is 18.5. The van der Waals surface area contributed by atoms with Crippen LogP contribution in [-0.4, -0.2) is 9.97 Å². The van der Waals surface area contributed by atoms with Crippen LogP contribution in [-0.2, 0) is 30.9 Å². The van der Waals surface area contributed by atoms with Gasteiger partial charge >= 0.3 is 0 Å². The van der Waals surface area contributed by atoms with Crippen LogP contribution >= 0.6 is 0 Å². The standard InChI is InChI=1S/C37H30NO.C15H16N.Ir/c1-22-19-26(37(3,4)5)16-18-27(22)32-20-33(38-21-23(32)2)31-12-8-11-29-30-17-15-25-14-13-24-9-6-7-10-28(24)34(25)36(30)39-35(29)31;1-15(2,3)13-8-6-7-12(11-13)14-9-4-5-10-16-14;/h6-11,13-21H,1-5H3;4-6,8-11H,1-3H3;/q2*-1;/i1D3,2D3,18D;;. The van der Waals surface area contributed by atoms with E-state index in [1.54, 1.807) is 24.3 Å². The molecule has 3 aromatic heterocycles. The summed E-state index contributed by atoms with van der Waals surface area (Å²) >= 11 is 0. The molecule has 0 spiro atoms. The summed E-state index contributed by atoms with van der Waals surface area (Å²) in [4.78, 5) is 8.90. The number of rotatable bonds is 3. The molecule has 0 aliphatic heterocycles. The molecule has 281 valence electrons. The molecule has 0 N–H and O–H groups in total. The number of nitrogens with zero attached hydrogens (tertiary/aromatic N) is 2. The molecule has 6 aromatic carbocycles. The minimum absolute atomic E-state index is 0. The number of aryl methyl sites for hydroxylation is 2. The van der Waals surface area contributed by atoms with Gasteiger partial charge in [0.2, 0.25) is 0 Å². The number of hydrogen-bond donors (Lipinski definition) is 0. The first kappa shape index (κ1) is 30.8. The second-order valence-electron chi connectivity index (χ2n) is 16.0. The van der Waals surface area contributed by atoms with Gasteiger partial charge in [-0.3, -0.25) is 0 Å². The molecule has 0 amide bonds. The van der Waals surface area contributed by atoms with Gasteiger partial charge in [-0.05, 0) is 86.0 Å². The Bertz CT molecular complexity index is 3140. The van der Waals surface area contributed by atoms with Crippen LogP contribution in [0, 0.1) is 25.8 Å². The summed E-state index contributed by atoms with van der Waals surface area (Å²) in [5, 5.41) is 5.96. The van der Waals surface area contributed by atoms with Crippen molar-refractivity contribution >= 4 is 43.5 Å². The Morgan fingerprint density at radius 1 is 0.607 bits per heavy atom. The van der Waals surface area contributed by atoms with Crippen molar-refractivity contribution in [1.29, 1.82) is 0 Å². The molecule has 0 aliphatic rings. The fourth-order valence-electron chi connectivity index (χ4n) is 7.03. The molecule has 1 radical (unpaired) electrons. The molecule has 3 heterocycles. The summed E-state index contributed by atoms with van der Waals surface area (Å²) in [5.74, 6) is 0. The van der Waals surface area contributed by atoms with Crippen molar-refractivity contribution in [1.82, 2.24) is 9.97 Å². The Morgan fingerprint density at radius 2 is 1.32 bits per heavy atom. The molecule has 0 unspecified atom stereocenters. The maximum atomic E-state index is 8.99. The molecule has 0 fully saturated rings. The molecule has 9 rings (SSSR count). The van der Waals surface area contributed by atoms with E-state index in [4.69, 9.17) is 14.0 Å². The maximum Gasteiger partial charge on any atom is 0.129 e. The fraction of sp³-hybridized carbons (Fsp3) is 0.192. The minimum atomic E-state index is -2.61. The van der Waals surface area contributed by atoms with Gasteiger partial charge in [0, 0.05) is 51.5 Å². The summed E-state index contributed by atoms with van der Waals surface area (Å²) in [5.41, 5.74) is 5.87. The average Bonchev–Trinajstić information content (AvgIpc) is 3.61. The second-order valence-corrected chi connectivity index (χ2v) is 16.0. The summed E-state index contributed by atoms with van der Waals surface area (Å²) in [6, 6.07) is 43.5. The van der Waals surface area contributed by atoms with E-state index in [1.165, 1.54) is 11.8 Å². The van der Waals surface area contributed by atoms with Crippen molar-refractivity contribution in [2.24, 2.45) is 0 Å². The van der Waals surface area contributed by atoms with Crippen LogP contribution < -0.4 is 0 Å². The van der Waals surface area contributed by atoms with Crippen molar-refractivity contribution in [2.45, 2.75) is 66.1 Å². The van der Waals surface area contributed by atoms with Gasteiger partial charge in [-0.25, -0.2) is 0 Å². The molecule has 56 heavy (non-hydrogen) atoms. The molecule has 0 saturated heterocycles. The first-order chi connectivity index (χ1) is 29.2. The van der Waals surface area contributed by atoms with Crippen LogP contribution in [0.15, 0.2) is 138 Å². The maximum absolute atomic E-state index is 8.99. The van der Waals surface area contributed by atoms with E-state index in [0.717, 1.165) is 49.2 Å². The predicted octanol–water partition coefficient (Wildman–Crippen LogP) is 14.2. The van der Waals surface area contributed by atoms with Crippen LogP contribution in [0.1, 0.15) is 73.4 Å².